The van der Waals surface area contributed by atoms with Crippen LogP contribution in [0.25, 0.3) is 5.76 Å². The van der Waals surface area contributed by atoms with Gasteiger partial charge in [0.1, 0.15) is 30.3 Å². The van der Waals surface area contributed by atoms with Crippen molar-refractivity contribution >= 4 is 25.6 Å². The van der Waals surface area contributed by atoms with Crippen LogP contribution >= 0.6 is 0 Å². The third-order valence-corrected chi connectivity index (χ3v) is 16.1. The summed E-state index contributed by atoms with van der Waals surface area (Å²) in [5.41, 5.74) is -2.25. The molecule has 0 saturated heterocycles. The topological polar surface area (TPSA) is 120 Å². The minimum atomic E-state index is -4.77. The van der Waals surface area contributed by atoms with E-state index in [9.17, 15) is 18.3 Å². The number of aliphatic hydroxyl groups is 1. The molecular formula is C43H45F3N2O7Si. The SMILES string of the molecule is C=CCN[C@@H]1c2onc(OCc3ccccc3)c2C(=O)[C@@]2(O[Si](C)(C)C(C)(C)C)C(=O)C3=C(O)c4c(OCc5ccccc5)ccc(C(F)(F)F)c4C[C@H]3C[C@@H]12. The molecule has 1 saturated carbocycles. The fourth-order valence-electron chi connectivity index (χ4n) is 7.94. The molecule has 0 aliphatic heterocycles. The molecule has 7 rings (SSSR count). The van der Waals surface area contributed by atoms with E-state index in [1.807, 2.05) is 70.3 Å². The second kappa shape index (κ2) is 14.5. The predicted molar refractivity (Wildman–Crippen MR) is 206 cm³/mol. The Balaban J connectivity index is 1.42. The summed E-state index contributed by atoms with van der Waals surface area (Å²) in [7, 11) is -3.05. The quantitative estimate of drug-likeness (QED) is 0.0871. The lowest BCUT2D eigenvalue weighted by molar-refractivity contribution is -0.139. The van der Waals surface area contributed by atoms with Crippen LogP contribution in [0.4, 0.5) is 13.2 Å². The number of halogens is 3. The fourth-order valence-corrected chi connectivity index (χ4v) is 9.39. The maximum Gasteiger partial charge on any atom is 0.416 e. The molecule has 294 valence electrons. The number of benzene rings is 3. The summed E-state index contributed by atoms with van der Waals surface area (Å²) >= 11 is 0. The van der Waals surface area contributed by atoms with Crippen molar-refractivity contribution in [2.24, 2.45) is 11.8 Å². The molecule has 3 aliphatic rings. The van der Waals surface area contributed by atoms with E-state index in [-0.39, 0.29) is 72.3 Å². The van der Waals surface area contributed by atoms with E-state index in [4.69, 9.17) is 18.4 Å². The van der Waals surface area contributed by atoms with E-state index in [0.29, 0.717) is 0 Å². The lowest BCUT2D eigenvalue weighted by atomic mass is 9.57. The average molecular weight is 787 g/mol. The molecule has 1 heterocycles. The highest BCUT2D eigenvalue weighted by Crippen LogP contribution is 2.59. The minimum absolute atomic E-state index is 0.00368. The summed E-state index contributed by atoms with van der Waals surface area (Å²) in [5, 5.41) is 19.3. The van der Waals surface area contributed by atoms with Crippen LogP contribution in [0, 0.1) is 11.8 Å². The van der Waals surface area contributed by atoms with E-state index >= 15 is 9.59 Å². The number of alkyl halides is 3. The van der Waals surface area contributed by atoms with Gasteiger partial charge < -0.3 is 28.8 Å². The maximum atomic E-state index is 15.6. The van der Waals surface area contributed by atoms with E-state index in [1.165, 1.54) is 6.07 Å². The average Bonchev–Trinajstić information content (AvgIpc) is 3.57. The highest BCUT2D eigenvalue weighted by atomic mass is 28.4. The number of hydrogen-bond donors (Lipinski definition) is 2. The third kappa shape index (κ3) is 6.69. The Morgan fingerprint density at radius 2 is 1.57 bits per heavy atom. The fraction of sp³-hybridized carbons (Fsp3) is 0.372. The Labute approximate surface area is 324 Å². The molecule has 4 aromatic rings. The van der Waals surface area contributed by atoms with Gasteiger partial charge in [-0.2, -0.15) is 13.2 Å². The first-order chi connectivity index (χ1) is 26.5. The first kappa shape index (κ1) is 39.3. The Kier molecular flexibility index (Phi) is 10.2. The number of rotatable bonds is 11. The molecule has 4 atom stereocenters. The second-order valence-electron chi connectivity index (χ2n) is 16.2. The molecule has 0 unspecified atom stereocenters. The number of nitrogens with one attached hydrogen (secondary N) is 1. The molecule has 0 bridgehead atoms. The summed E-state index contributed by atoms with van der Waals surface area (Å²) in [6.45, 7) is 13.9. The molecule has 13 heteroatoms. The van der Waals surface area contributed by atoms with Crippen molar-refractivity contribution in [1.29, 1.82) is 0 Å². The van der Waals surface area contributed by atoms with Crippen molar-refractivity contribution in [2.75, 3.05) is 6.54 Å². The number of aromatic nitrogens is 1. The van der Waals surface area contributed by atoms with Crippen LogP contribution in [0.5, 0.6) is 11.6 Å². The number of aliphatic hydroxyl groups excluding tert-OH is 1. The standard InChI is InChI=1S/C43H45F3N2O7Si/c1-7-20-47-35-30-22-27-21-28-29(43(44,45)46)18-19-31(52-23-25-14-10-8-11-15-25)33(28)36(49)32(27)38(50)42(30,55-56(5,6)41(2,3)4)39(51)34-37(35)54-48-40(34)53-24-26-16-12-9-13-17-26/h7-19,27,30,35,47,49H,1,20-24H2,2-6H3/t27-,30-,35-,42-/m0/s1. The maximum absolute atomic E-state index is 15.6. The van der Waals surface area contributed by atoms with Crippen LogP contribution in [0.3, 0.4) is 0 Å². The molecule has 9 nitrogen and oxygen atoms in total. The Morgan fingerprint density at radius 1 is 0.946 bits per heavy atom. The molecular weight excluding hydrogens is 742 g/mol. The normalized spacial score (nSPS) is 22.2. The van der Waals surface area contributed by atoms with Gasteiger partial charge in [-0.05, 0) is 70.9 Å². The molecule has 1 aromatic heterocycles. The molecule has 2 N–H and O–H groups in total. The number of hydrogen-bond acceptors (Lipinski definition) is 9. The summed E-state index contributed by atoms with van der Waals surface area (Å²) in [6, 6.07) is 19.6. The van der Waals surface area contributed by atoms with Gasteiger partial charge in [0.15, 0.2) is 19.7 Å². The zero-order valence-corrected chi connectivity index (χ0v) is 33.0. The van der Waals surface area contributed by atoms with Crippen molar-refractivity contribution in [1.82, 2.24) is 10.5 Å². The first-order valence-corrected chi connectivity index (χ1v) is 21.5. The van der Waals surface area contributed by atoms with Gasteiger partial charge in [-0.3, -0.25) is 9.59 Å². The van der Waals surface area contributed by atoms with Crippen molar-refractivity contribution in [3.8, 4) is 11.6 Å². The minimum Gasteiger partial charge on any atom is -0.507 e. The zero-order chi connectivity index (χ0) is 40.2. The van der Waals surface area contributed by atoms with Gasteiger partial charge in [-0.15, -0.1) is 6.58 Å². The van der Waals surface area contributed by atoms with Crippen LogP contribution in [0.15, 0.2) is 95.5 Å². The lowest BCUT2D eigenvalue weighted by Crippen LogP contribution is -2.68. The van der Waals surface area contributed by atoms with Crippen LogP contribution in [0.2, 0.25) is 18.1 Å². The summed E-state index contributed by atoms with van der Waals surface area (Å²) in [5.74, 6) is -4.11. The highest BCUT2D eigenvalue weighted by Gasteiger charge is 2.68. The van der Waals surface area contributed by atoms with Crippen LogP contribution in [-0.4, -0.2) is 42.3 Å². The summed E-state index contributed by atoms with van der Waals surface area (Å²) < 4.78 is 69.2. The Morgan fingerprint density at radius 3 is 2.16 bits per heavy atom. The van der Waals surface area contributed by atoms with Crippen molar-refractivity contribution in [2.45, 2.75) is 82.8 Å². The molecule has 1 fully saturated rings. The number of nitrogens with zero attached hydrogens (tertiary/aromatic N) is 1. The van der Waals surface area contributed by atoms with Crippen LogP contribution in [0.1, 0.15) is 77.2 Å². The van der Waals surface area contributed by atoms with Gasteiger partial charge in [0.25, 0.3) is 5.88 Å². The third-order valence-electron chi connectivity index (χ3n) is 11.7. The molecule has 0 amide bonds. The van der Waals surface area contributed by atoms with Crippen molar-refractivity contribution < 1.29 is 46.3 Å². The molecule has 0 spiro atoms. The molecule has 0 radical (unpaired) electrons. The van der Waals surface area contributed by atoms with Gasteiger partial charge >= 0.3 is 6.18 Å². The number of ketones is 2. The van der Waals surface area contributed by atoms with E-state index in [0.717, 1.165) is 17.2 Å². The molecule has 3 aromatic carbocycles. The largest absolute Gasteiger partial charge is 0.507 e. The first-order valence-electron chi connectivity index (χ1n) is 18.6. The smallest absolute Gasteiger partial charge is 0.416 e. The van der Waals surface area contributed by atoms with Gasteiger partial charge in [0.05, 0.1) is 17.2 Å². The zero-order valence-electron chi connectivity index (χ0n) is 32.0. The van der Waals surface area contributed by atoms with E-state index in [2.05, 4.69) is 17.1 Å². The number of carbonyl (C=O) groups is 2. The monoisotopic (exact) mass is 786 g/mol. The van der Waals surface area contributed by atoms with Gasteiger partial charge in [-0.25, -0.2) is 0 Å². The van der Waals surface area contributed by atoms with Gasteiger partial charge in [0, 0.05) is 18.0 Å². The van der Waals surface area contributed by atoms with E-state index in [1.54, 1.807) is 30.3 Å². The lowest BCUT2D eigenvalue weighted by Gasteiger charge is -2.54. The van der Waals surface area contributed by atoms with Crippen molar-refractivity contribution in [3.05, 3.63) is 130 Å². The Bertz CT molecular complexity index is 2190. The molecule has 56 heavy (non-hydrogen) atoms. The number of fused-ring (bicyclic) bond motifs is 4. The van der Waals surface area contributed by atoms with Gasteiger partial charge in [-0.1, -0.05) is 87.5 Å². The van der Waals surface area contributed by atoms with Gasteiger partial charge in [0.2, 0.25) is 11.6 Å². The summed E-state index contributed by atoms with van der Waals surface area (Å²) in [4.78, 5) is 31.0. The van der Waals surface area contributed by atoms with Crippen LogP contribution in [-0.2, 0) is 35.0 Å². The van der Waals surface area contributed by atoms with Crippen molar-refractivity contribution in [3.63, 3.8) is 0 Å². The number of carbonyl (C=O) groups excluding carboxylic acids is 2. The Hall–Kier alpha value is -4.98. The molecule has 3 aliphatic carbocycles. The number of Topliss-reactive ketones (excluding diaryl/α,β-unsaturated/α-hetero) is 2. The van der Waals surface area contributed by atoms with Crippen LogP contribution < -0.4 is 14.8 Å². The van der Waals surface area contributed by atoms with E-state index < -0.39 is 65.9 Å². The summed E-state index contributed by atoms with van der Waals surface area (Å²) in [6.07, 6.45) is -3.41. The number of ether oxygens (including phenoxy) is 2. The second-order valence-corrected chi connectivity index (χ2v) is 20.9. The predicted octanol–water partition coefficient (Wildman–Crippen LogP) is 9.36. The highest BCUT2D eigenvalue weighted by molar-refractivity contribution is 6.74.